The van der Waals surface area contributed by atoms with Gasteiger partial charge in [0.25, 0.3) is 0 Å². The zero-order chi connectivity index (χ0) is 16.6. The summed E-state index contributed by atoms with van der Waals surface area (Å²) in [5, 5.41) is 12.6. The van der Waals surface area contributed by atoms with E-state index in [4.69, 9.17) is 16.3 Å². The number of nitrogens with zero attached hydrogens (tertiary/aromatic N) is 5. The molecule has 2 aromatic rings. The fourth-order valence-electron chi connectivity index (χ4n) is 2.43. The van der Waals surface area contributed by atoms with Gasteiger partial charge in [-0.1, -0.05) is 11.6 Å². The molecule has 0 N–H and O–H groups in total. The summed E-state index contributed by atoms with van der Waals surface area (Å²) in [4.78, 5) is 13.9. The number of carbonyl (C=O) groups excluding carboxylic acids is 1. The lowest BCUT2D eigenvalue weighted by molar-refractivity contribution is 0.0223. The Morgan fingerprint density at radius 3 is 2.74 bits per heavy atom. The molecule has 0 fully saturated rings. The monoisotopic (exact) mass is 335 g/mol. The molecule has 1 aliphatic heterocycles. The minimum Gasteiger partial charge on any atom is -0.444 e. The first kappa shape index (κ1) is 15.7. The van der Waals surface area contributed by atoms with Gasteiger partial charge in [-0.25, -0.2) is 9.48 Å². The zero-order valence-electron chi connectivity index (χ0n) is 13.3. The van der Waals surface area contributed by atoms with Crippen molar-refractivity contribution in [3.8, 4) is 5.82 Å². The molecule has 0 atom stereocenters. The molecule has 23 heavy (non-hydrogen) atoms. The van der Waals surface area contributed by atoms with Gasteiger partial charge in [-0.15, -0.1) is 10.2 Å². The van der Waals surface area contributed by atoms with Gasteiger partial charge in [0.1, 0.15) is 5.60 Å². The van der Waals surface area contributed by atoms with Gasteiger partial charge in [-0.3, -0.25) is 0 Å². The van der Waals surface area contributed by atoms with Crippen molar-refractivity contribution in [3.63, 3.8) is 0 Å². The lowest BCUT2D eigenvalue weighted by atomic mass is 10.1. The summed E-state index contributed by atoms with van der Waals surface area (Å²) in [5.41, 5.74) is 1.51. The van der Waals surface area contributed by atoms with E-state index in [9.17, 15) is 4.79 Å². The second kappa shape index (κ2) is 5.81. The van der Waals surface area contributed by atoms with Crippen molar-refractivity contribution < 1.29 is 9.53 Å². The predicted octanol–water partition coefficient (Wildman–Crippen LogP) is 2.61. The van der Waals surface area contributed by atoms with Crippen molar-refractivity contribution in [3.05, 3.63) is 34.7 Å². The summed E-state index contributed by atoms with van der Waals surface area (Å²) in [6.07, 6.45) is 2.13. The number of aromatic nitrogens is 4. The van der Waals surface area contributed by atoms with Crippen LogP contribution >= 0.6 is 11.6 Å². The Morgan fingerprint density at radius 1 is 1.30 bits per heavy atom. The van der Waals surface area contributed by atoms with Crippen molar-refractivity contribution in [2.24, 2.45) is 0 Å². The second-order valence-corrected chi connectivity index (χ2v) is 6.78. The highest BCUT2D eigenvalue weighted by atomic mass is 35.5. The number of halogens is 1. The van der Waals surface area contributed by atoms with Gasteiger partial charge < -0.3 is 9.64 Å². The maximum Gasteiger partial charge on any atom is 0.410 e. The quantitative estimate of drug-likeness (QED) is 0.801. The third-order valence-electron chi connectivity index (χ3n) is 3.42. The van der Waals surface area contributed by atoms with Gasteiger partial charge >= 0.3 is 6.09 Å². The van der Waals surface area contributed by atoms with E-state index in [1.807, 2.05) is 20.8 Å². The minimum atomic E-state index is -0.500. The summed E-state index contributed by atoms with van der Waals surface area (Å²) < 4.78 is 7.16. The Morgan fingerprint density at radius 2 is 2.09 bits per heavy atom. The largest absolute Gasteiger partial charge is 0.444 e. The first-order chi connectivity index (χ1) is 10.8. The van der Waals surface area contributed by atoms with Gasteiger partial charge in [0.2, 0.25) is 0 Å². The van der Waals surface area contributed by atoms with Crippen LogP contribution in [0.5, 0.6) is 0 Å². The molecule has 1 aliphatic rings. The Balaban J connectivity index is 1.79. The summed E-state index contributed by atoms with van der Waals surface area (Å²) in [7, 11) is 0. The summed E-state index contributed by atoms with van der Waals surface area (Å²) in [6.45, 7) is 6.63. The average Bonchev–Trinajstić information content (AvgIpc) is 2.89. The third kappa shape index (κ3) is 3.44. The van der Waals surface area contributed by atoms with Gasteiger partial charge in [0.05, 0.1) is 18.4 Å². The molecule has 0 aliphatic carbocycles. The Labute approximate surface area is 139 Å². The van der Waals surface area contributed by atoms with Crippen LogP contribution in [-0.4, -0.2) is 43.1 Å². The zero-order valence-corrected chi connectivity index (χ0v) is 14.0. The highest BCUT2D eigenvalue weighted by Gasteiger charge is 2.28. The molecule has 2 aromatic heterocycles. The van der Waals surface area contributed by atoms with Crippen LogP contribution < -0.4 is 0 Å². The number of carbonyl (C=O) groups is 1. The molecule has 0 saturated heterocycles. The van der Waals surface area contributed by atoms with Crippen LogP contribution in [-0.2, 0) is 17.7 Å². The highest BCUT2D eigenvalue weighted by Crippen LogP contribution is 2.22. The smallest absolute Gasteiger partial charge is 0.410 e. The third-order valence-corrected chi connectivity index (χ3v) is 3.62. The molecular formula is C15H18ClN5O2. The van der Waals surface area contributed by atoms with E-state index >= 15 is 0 Å². The summed E-state index contributed by atoms with van der Waals surface area (Å²) in [5.74, 6) is 0.612. The van der Waals surface area contributed by atoms with E-state index in [-0.39, 0.29) is 6.09 Å². The minimum absolute atomic E-state index is 0.304. The molecule has 3 rings (SSSR count). The van der Waals surface area contributed by atoms with Crippen LogP contribution in [0, 0.1) is 0 Å². The molecule has 0 radical (unpaired) electrons. The van der Waals surface area contributed by atoms with Gasteiger partial charge in [-0.2, -0.15) is 5.10 Å². The molecule has 8 heteroatoms. The van der Waals surface area contributed by atoms with Crippen LogP contribution in [0.3, 0.4) is 0 Å². The predicted molar refractivity (Wildman–Crippen MR) is 84.5 cm³/mol. The fraction of sp³-hybridized carbons (Fsp3) is 0.467. The van der Waals surface area contributed by atoms with Crippen molar-refractivity contribution in [1.82, 2.24) is 24.9 Å². The van der Waals surface area contributed by atoms with E-state index in [2.05, 4.69) is 15.3 Å². The lowest BCUT2D eigenvalue weighted by Crippen LogP contribution is -2.40. The number of hydrogen-bond donors (Lipinski definition) is 0. The second-order valence-electron chi connectivity index (χ2n) is 6.39. The maximum absolute atomic E-state index is 12.2. The summed E-state index contributed by atoms with van der Waals surface area (Å²) >= 11 is 5.76. The van der Waals surface area contributed by atoms with E-state index in [1.54, 1.807) is 27.9 Å². The van der Waals surface area contributed by atoms with Crippen LogP contribution in [0.1, 0.15) is 32.0 Å². The Bertz CT molecular complexity index is 720. The standard InChI is InChI=1S/C15H18ClN5O2/c1-15(2,3)23-14(22)20-7-6-11-10(9-20)8-17-21(11)13-5-4-12(16)18-19-13/h4-5,8H,6-7,9H2,1-3H3. The van der Waals surface area contributed by atoms with Crippen LogP contribution in [0.2, 0.25) is 5.15 Å². The SMILES string of the molecule is CC(C)(C)OC(=O)N1CCc2c(cnn2-c2ccc(Cl)nn2)C1. The highest BCUT2D eigenvalue weighted by molar-refractivity contribution is 6.29. The first-order valence-electron chi connectivity index (χ1n) is 7.37. The number of ether oxygens (including phenoxy) is 1. The molecule has 3 heterocycles. The molecule has 0 bridgehead atoms. The average molecular weight is 336 g/mol. The molecule has 0 aromatic carbocycles. The van der Waals surface area contributed by atoms with Crippen LogP contribution in [0.15, 0.2) is 18.3 Å². The van der Waals surface area contributed by atoms with E-state index in [1.165, 1.54) is 0 Å². The van der Waals surface area contributed by atoms with Crippen LogP contribution in [0.25, 0.3) is 5.82 Å². The summed E-state index contributed by atoms with van der Waals surface area (Å²) in [6, 6.07) is 3.44. The van der Waals surface area contributed by atoms with E-state index in [0.29, 0.717) is 30.5 Å². The molecule has 1 amide bonds. The number of rotatable bonds is 1. The fourth-order valence-corrected chi connectivity index (χ4v) is 2.53. The van der Waals surface area contributed by atoms with Gasteiger partial charge in [0, 0.05) is 18.5 Å². The molecule has 0 unspecified atom stereocenters. The van der Waals surface area contributed by atoms with Crippen molar-refractivity contribution >= 4 is 17.7 Å². The molecule has 122 valence electrons. The molecule has 0 spiro atoms. The van der Waals surface area contributed by atoms with Crippen molar-refractivity contribution in [2.45, 2.75) is 39.3 Å². The van der Waals surface area contributed by atoms with E-state index < -0.39 is 5.60 Å². The van der Waals surface area contributed by atoms with E-state index in [0.717, 1.165) is 11.3 Å². The normalized spacial score (nSPS) is 14.5. The van der Waals surface area contributed by atoms with Gasteiger partial charge in [0.15, 0.2) is 11.0 Å². The molecular weight excluding hydrogens is 318 g/mol. The Kier molecular flexibility index (Phi) is 3.97. The van der Waals surface area contributed by atoms with Crippen molar-refractivity contribution in [1.29, 1.82) is 0 Å². The first-order valence-corrected chi connectivity index (χ1v) is 7.74. The van der Waals surface area contributed by atoms with Gasteiger partial charge in [-0.05, 0) is 32.9 Å². The lowest BCUT2D eigenvalue weighted by Gasteiger charge is -2.30. The Hall–Kier alpha value is -2.15. The topological polar surface area (TPSA) is 73.1 Å². The van der Waals surface area contributed by atoms with Crippen LogP contribution in [0.4, 0.5) is 4.79 Å². The number of fused-ring (bicyclic) bond motifs is 1. The number of hydrogen-bond acceptors (Lipinski definition) is 5. The maximum atomic E-state index is 12.2. The molecule has 0 saturated carbocycles. The number of amides is 1. The molecule has 7 nitrogen and oxygen atoms in total. The van der Waals surface area contributed by atoms with Crippen molar-refractivity contribution in [2.75, 3.05) is 6.54 Å².